The van der Waals surface area contributed by atoms with Crippen LogP contribution < -0.4 is 0 Å². The van der Waals surface area contributed by atoms with Gasteiger partial charge in [0.1, 0.15) is 11.5 Å². The Labute approximate surface area is 180 Å². The molecule has 3 heterocycles. The van der Waals surface area contributed by atoms with E-state index in [9.17, 15) is 9.18 Å². The SMILES string of the molecule is Cc1cccnc1C(=O)N1CCCC(CC2CC2)(c2noc(-c3ccc(F)cc3)n2)C1. The van der Waals surface area contributed by atoms with E-state index in [2.05, 4.69) is 10.1 Å². The molecule has 1 saturated carbocycles. The van der Waals surface area contributed by atoms with Crippen molar-refractivity contribution in [2.45, 2.75) is 44.4 Å². The van der Waals surface area contributed by atoms with Gasteiger partial charge in [0.05, 0.1) is 5.41 Å². The Morgan fingerprint density at radius 1 is 1.26 bits per heavy atom. The van der Waals surface area contributed by atoms with Gasteiger partial charge >= 0.3 is 0 Å². The second-order valence-electron chi connectivity index (χ2n) is 8.86. The van der Waals surface area contributed by atoms with Gasteiger partial charge in [-0.2, -0.15) is 4.98 Å². The fourth-order valence-corrected chi connectivity index (χ4v) is 4.63. The van der Waals surface area contributed by atoms with Crippen molar-refractivity contribution < 1.29 is 13.7 Å². The van der Waals surface area contributed by atoms with Crippen LogP contribution in [0.4, 0.5) is 4.39 Å². The number of aryl methyl sites for hydroxylation is 1. The summed E-state index contributed by atoms with van der Waals surface area (Å²) in [4.78, 5) is 24.2. The van der Waals surface area contributed by atoms with Crippen LogP contribution in [0.1, 0.15) is 54.0 Å². The average molecular weight is 420 g/mol. The molecule has 2 aromatic heterocycles. The monoisotopic (exact) mass is 420 g/mol. The fourth-order valence-electron chi connectivity index (χ4n) is 4.63. The predicted octanol–water partition coefficient (Wildman–Crippen LogP) is 4.55. The standard InChI is InChI=1S/C24H25FN4O2/c1-16-4-2-12-26-20(16)22(30)29-13-3-11-24(15-29,14-17-5-6-17)23-27-21(31-28-23)18-7-9-19(25)10-8-18/h2,4,7-10,12,17H,3,5-6,11,13-15H2,1H3. The largest absolute Gasteiger partial charge is 0.336 e. The lowest BCUT2D eigenvalue weighted by Crippen LogP contribution is -2.49. The lowest BCUT2D eigenvalue weighted by molar-refractivity contribution is 0.0600. The van der Waals surface area contributed by atoms with Gasteiger partial charge in [-0.05, 0) is 68.0 Å². The molecule has 0 bridgehead atoms. The number of nitrogens with zero attached hydrogens (tertiary/aromatic N) is 4. The highest BCUT2D eigenvalue weighted by Crippen LogP contribution is 2.46. The maximum atomic E-state index is 13.3. The molecule has 160 valence electrons. The number of pyridine rings is 1. The van der Waals surface area contributed by atoms with Gasteiger partial charge < -0.3 is 9.42 Å². The zero-order valence-electron chi connectivity index (χ0n) is 17.6. The molecule has 1 aromatic carbocycles. The number of carbonyl (C=O) groups is 1. The van der Waals surface area contributed by atoms with E-state index in [1.54, 1.807) is 18.3 Å². The Kier molecular flexibility index (Phi) is 5.04. The van der Waals surface area contributed by atoms with Crippen LogP contribution >= 0.6 is 0 Å². The van der Waals surface area contributed by atoms with Gasteiger partial charge in [0.2, 0.25) is 0 Å². The number of aromatic nitrogens is 3. The quantitative estimate of drug-likeness (QED) is 0.605. The molecule has 1 saturated heterocycles. The Morgan fingerprint density at radius 2 is 2.06 bits per heavy atom. The van der Waals surface area contributed by atoms with E-state index in [1.807, 2.05) is 24.0 Å². The van der Waals surface area contributed by atoms with E-state index in [1.165, 1.54) is 25.0 Å². The molecule has 31 heavy (non-hydrogen) atoms. The second-order valence-corrected chi connectivity index (χ2v) is 8.86. The molecule has 2 fully saturated rings. The second kappa shape index (κ2) is 7.87. The van der Waals surface area contributed by atoms with Crippen LogP contribution in [-0.2, 0) is 5.41 Å². The highest BCUT2D eigenvalue weighted by Gasteiger charge is 2.46. The van der Waals surface area contributed by atoms with E-state index >= 15 is 0 Å². The van der Waals surface area contributed by atoms with Crippen molar-refractivity contribution in [2.24, 2.45) is 5.92 Å². The third-order valence-electron chi connectivity index (χ3n) is 6.44. The van der Waals surface area contributed by atoms with Crippen LogP contribution in [0.2, 0.25) is 0 Å². The molecule has 1 atom stereocenters. The minimum Gasteiger partial charge on any atom is -0.336 e. The van der Waals surface area contributed by atoms with E-state index in [-0.39, 0.29) is 17.1 Å². The number of hydrogen-bond donors (Lipinski definition) is 0. The van der Waals surface area contributed by atoms with E-state index in [4.69, 9.17) is 9.51 Å². The molecule has 2 aliphatic rings. The van der Waals surface area contributed by atoms with Crippen molar-refractivity contribution in [1.29, 1.82) is 0 Å². The van der Waals surface area contributed by atoms with Crippen LogP contribution in [0, 0.1) is 18.7 Å². The number of likely N-dealkylation sites (tertiary alicyclic amines) is 1. The summed E-state index contributed by atoms with van der Waals surface area (Å²) in [6.45, 7) is 3.17. The fraction of sp³-hybridized carbons (Fsp3) is 0.417. The first kappa shape index (κ1) is 19.8. The minimum atomic E-state index is -0.334. The third kappa shape index (κ3) is 3.96. The summed E-state index contributed by atoms with van der Waals surface area (Å²) in [5.41, 5.74) is 1.74. The summed E-state index contributed by atoms with van der Waals surface area (Å²) in [6.07, 6.45) is 6.81. The molecular weight excluding hydrogens is 395 g/mol. The maximum absolute atomic E-state index is 13.3. The molecule has 0 radical (unpaired) electrons. The summed E-state index contributed by atoms with van der Waals surface area (Å²) in [7, 11) is 0. The summed E-state index contributed by atoms with van der Waals surface area (Å²) in [5.74, 6) is 1.32. The van der Waals surface area contributed by atoms with Crippen molar-refractivity contribution in [2.75, 3.05) is 13.1 Å². The Morgan fingerprint density at radius 3 is 2.81 bits per heavy atom. The number of rotatable bonds is 5. The van der Waals surface area contributed by atoms with Gasteiger partial charge in [-0.1, -0.05) is 24.1 Å². The van der Waals surface area contributed by atoms with Crippen molar-refractivity contribution in [3.63, 3.8) is 0 Å². The molecule has 1 aliphatic heterocycles. The van der Waals surface area contributed by atoms with Crippen molar-refractivity contribution >= 4 is 5.91 Å². The van der Waals surface area contributed by atoms with Gasteiger partial charge in [-0.15, -0.1) is 0 Å². The summed E-state index contributed by atoms with van der Waals surface area (Å²) >= 11 is 0. The lowest BCUT2D eigenvalue weighted by Gasteiger charge is -2.41. The first-order chi connectivity index (χ1) is 15.0. The number of piperidine rings is 1. The van der Waals surface area contributed by atoms with E-state index < -0.39 is 0 Å². The summed E-state index contributed by atoms with van der Waals surface area (Å²) < 4.78 is 18.9. The van der Waals surface area contributed by atoms with Crippen LogP contribution in [0.15, 0.2) is 47.1 Å². The minimum absolute atomic E-state index is 0.0415. The third-order valence-corrected chi connectivity index (χ3v) is 6.44. The number of amides is 1. The maximum Gasteiger partial charge on any atom is 0.272 e. The summed E-state index contributed by atoms with van der Waals surface area (Å²) in [5, 5.41) is 4.34. The molecule has 1 amide bonds. The van der Waals surface area contributed by atoms with Gasteiger partial charge in [-0.3, -0.25) is 9.78 Å². The molecular formula is C24H25FN4O2. The van der Waals surface area contributed by atoms with Crippen molar-refractivity contribution in [3.05, 3.63) is 65.5 Å². The van der Waals surface area contributed by atoms with Gasteiger partial charge in [0, 0.05) is 24.8 Å². The van der Waals surface area contributed by atoms with Crippen LogP contribution in [0.25, 0.3) is 11.5 Å². The number of halogens is 1. The van der Waals surface area contributed by atoms with Gasteiger partial charge in [0.15, 0.2) is 5.82 Å². The molecule has 0 spiro atoms. The lowest BCUT2D eigenvalue weighted by atomic mass is 9.74. The predicted molar refractivity (Wildman–Crippen MR) is 113 cm³/mol. The van der Waals surface area contributed by atoms with Crippen molar-refractivity contribution in [1.82, 2.24) is 20.0 Å². The van der Waals surface area contributed by atoms with Crippen LogP contribution in [-0.4, -0.2) is 39.0 Å². The molecule has 0 N–H and O–H groups in total. The Balaban J connectivity index is 1.45. The topological polar surface area (TPSA) is 72.1 Å². The Bertz CT molecular complexity index is 1090. The highest BCUT2D eigenvalue weighted by atomic mass is 19.1. The van der Waals surface area contributed by atoms with E-state index in [0.29, 0.717) is 42.0 Å². The normalized spacial score (nSPS) is 21.3. The number of carbonyl (C=O) groups excluding carboxylic acids is 1. The average Bonchev–Trinajstić information content (AvgIpc) is 3.44. The zero-order chi connectivity index (χ0) is 21.4. The Hall–Kier alpha value is -3.09. The zero-order valence-corrected chi connectivity index (χ0v) is 17.6. The van der Waals surface area contributed by atoms with Crippen LogP contribution in [0.3, 0.4) is 0 Å². The summed E-state index contributed by atoms with van der Waals surface area (Å²) in [6, 6.07) is 9.80. The number of hydrogen-bond acceptors (Lipinski definition) is 5. The first-order valence-corrected chi connectivity index (χ1v) is 10.9. The van der Waals surface area contributed by atoms with E-state index in [0.717, 1.165) is 24.8 Å². The highest BCUT2D eigenvalue weighted by molar-refractivity contribution is 5.93. The van der Waals surface area contributed by atoms with Gasteiger partial charge in [-0.25, -0.2) is 4.39 Å². The molecule has 6 nitrogen and oxygen atoms in total. The smallest absolute Gasteiger partial charge is 0.272 e. The molecule has 7 heteroatoms. The molecule has 3 aromatic rings. The van der Waals surface area contributed by atoms with Crippen LogP contribution in [0.5, 0.6) is 0 Å². The number of benzene rings is 1. The molecule has 1 aliphatic carbocycles. The molecule has 1 unspecified atom stereocenters. The molecule has 5 rings (SSSR count). The van der Waals surface area contributed by atoms with Gasteiger partial charge in [0.25, 0.3) is 11.8 Å². The van der Waals surface area contributed by atoms with Crippen molar-refractivity contribution in [3.8, 4) is 11.5 Å². The first-order valence-electron chi connectivity index (χ1n) is 10.9.